The molecule has 1 aromatic heterocycles. The lowest BCUT2D eigenvalue weighted by atomic mass is 10.2. The zero-order chi connectivity index (χ0) is 17.7. The van der Waals surface area contributed by atoms with Crippen molar-refractivity contribution in [3.8, 4) is 5.75 Å². The van der Waals surface area contributed by atoms with Gasteiger partial charge < -0.3 is 14.6 Å². The van der Waals surface area contributed by atoms with Crippen LogP contribution in [0.4, 0.5) is 19.0 Å². The second kappa shape index (κ2) is 7.47. The molecule has 0 saturated carbocycles. The van der Waals surface area contributed by atoms with Gasteiger partial charge in [-0.2, -0.15) is 0 Å². The van der Waals surface area contributed by atoms with Crippen molar-refractivity contribution in [1.82, 2.24) is 5.16 Å². The number of carbonyl (C=O) groups is 1. The molecular formula is C14H13F3N2O4S. The van der Waals surface area contributed by atoms with E-state index in [-0.39, 0.29) is 23.1 Å². The molecule has 0 aliphatic rings. The van der Waals surface area contributed by atoms with Crippen LogP contribution in [0.3, 0.4) is 0 Å². The quantitative estimate of drug-likeness (QED) is 0.855. The second-order valence-electron chi connectivity index (χ2n) is 4.79. The first-order chi connectivity index (χ1) is 11.2. The predicted molar refractivity (Wildman–Crippen MR) is 79.7 cm³/mol. The van der Waals surface area contributed by atoms with Gasteiger partial charge in [-0.15, -0.1) is 13.2 Å². The van der Waals surface area contributed by atoms with Crippen LogP contribution >= 0.6 is 0 Å². The molecule has 10 heteroatoms. The van der Waals surface area contributed by atoms with Crippen molar-refractivity contribution in [3.05, 3.63) is 41.7 Å². The van der Waals surface area contributed by atoms with E-state index in [9.17, 15) is 22.2 Å². The van der Waals surface area contributed by atoms with Crippen LogP contribution in [0.5, 0.6) is 5.75 Å². The monoisotopic (exact) mass is 362 g/mol. The Morgan fingerprint density at radius 3 is 2.54 bits per heavy atom. The van der Waals surface area contributed by atoms with Gasteiger partial charge >= 0.3 is 6.36 Å². The van der Waals surface area contributed by atoms with E-state index in [1.54, 1.807) is 6.92 Å². The fourth-order valence-electron chi connectivity index (χ4n) is 1.77. The SMILES string of the molecule is Cc1cc(NC(=O)C[S@](=O)Cc2ccc(OC(F)(F)F)cc2)no1. The molecule has 0 aliphatic heterocycles. The number of halogens is 3. The average Bonchev–Trinajstić information content (AvgIpc) is 2.84. The molecule has 0 unspecified atom stereocenters. The number of hydrogen-bond donors (Lipinski definition) is 1. The second-order valence-corrected chi connectivity index (χ2v) is 6.25. The van der Waals surface area contributed by atoms with E-state index in [0.717, 1.165) is 12.1 Å². The lowest BCUT2D eigenvalue weighted by Gasteiger charge is -2.09. The van der Waals surface area contributed by atoms with Crippen molar-refractivity contribution < 1.29 is 31.4 Å². The summed E-state index contributed by atoms with van der Waals surface area (Å²) in [5, 5.41) is 6.01. The maximum Gasteiger partial charge on any atom is 0.573 e. The van der Waals surface area contributed by atoms with Crippen LogP contribution in [0.1, 0.15) is 11.3 Å². The van der Waals surface area contributed by atoms with Crippen LogP contribution in [0.2, 0.25) is 0 Å². The number of ether oxygens (including phenoxy) is 1. The molecule has 1 aromatic carbocycles. The molecular weight excluding hydrogens is 349 g/mol. The lowest BCUT2D eigenvalue weighted by Crippen LogP contribution is -2.20. The summed E-state index contributed by atoms with van der Waals surface area (Å²) < 4.78 is 56.6. The van der Waals surface area contributed by atoms with Gasteiger partial charge in [0.25, 0.3) is 0 Å². The first-order valence-electron chi connectivity index (χ1n) is 6.64. The molecule has 6 nitrogen and oxygen atoms in total. The highest BCUT2D eigenvalue weighted by Gasteiger charge is 2.30. The number of aryl methyl sites for hydroxylation is 1. The van der Waals surface area contributed by atoms with Crippen molar-refractivity contribution in [2.24, 2.45) is 0 Å². The zero-order valence-corrected chi connectivity index (χ0v) is 13.2. The smallest absolute Gasteiger partial charge is 0.406 e. The Balaban J connectivity index is 1.84. The number of benzene rings is 1. The molecule has 0 fully saturated rings. The summed E-state index contributed by atoms with van der Waals surface area (Å²) in [6.07, 6.45) is -4.76. The zero-order valence-electron chi connectivity index (χ0n) is 12.4. The molecule has 0 radical (unpaired) electrons. The molecule has 2 rings (SSSR count). The predicted octanol–water partition coefficient (Wildman–Crippen LogP) is 2.77. The van der Waals surface area contributed by atoms with Crippen molar-refractivity contribution in [1.29, 1.82) is 0 Å². The Morgan fingerprint density at radius 1 is 1.33 bits per heavy atom. The Bertz CT molecular complexity index is 728. The van der Waals surface area contributed by atoms with Gasteiger partial charge in [-0.1, -0.05) is 17.3 Å². The van der Waals surface area contributed by atoms with Crippen molar-refractivity contribution >= 4 is 22.5 Å². The largest absolute Gasteiger partial charge is 0.573 e. The highest BCUT2D eigenvalue weighted by atomic mass is 32.2. The molecule has 0 saturated heterocycles. The molecule has 1 amide bonds. The van der Waals surface area contributed by atoms with Crippen molar-refractivity contribution in [2.75, 3.05) is 11.1 Å². The number of carbonyl (C=O) groups excluding carboxylic acids is 1. The maximum atomic E-state index is 12.0. The number of rotatable bonds is 6. The van der Waals surface area contributed by atoms with Crippen LogP contribution in [0.25, 0.3) is 0 Å². The van der Waals surface area contributed by atoms with E-state index >= 15 is 0 Å². The highest BCUT2D eigenvalue weighted by molar-refractivity contribution is 7.84. The number of aromatic nitrogens is 1. The standard InChI is InChI=1S/C14H13F3N2O4S/c1-9-6-12(19-23-9)18-13(20)8-24(21)7-10-2-4-11(5-3-10)22-14(15,16)17/h2-6H,7-8H2,1H3,(H,18,19,20)/t24-/m1/s1. The molecule has 1 heterocycles. The number of amides is 1. The topological polar surface area (TPSA) is 81.4 Å². The minimum atomic E-state index is -4.76. The number of anilines is 1. The fraction of sp³-hybridized carbons (Fsp3) is 0.286. The molecule has 130 valence electrons. The molecule has 24 heavy (non-hydrogen) atoms. The van der Waals surface area contributed by atoms with Gasteiger partial charge in [0, 0.05) is 22.6 Å². The fourth-order valence-corrected chi connectivity index (χ4v) is 2.81. The Kier molecular flexibility index (Phi) is 5.60. The highest BCUT2D eigenvalue weighted by Crippen LogP contribution is 2.23. The third kappa shape index (κ3) is 6.03. The van der Waals surface area contributed by atoms with Gasteiger partial charge in [-0.05, 0) is 24.6 Å². The number of nitrogens with zero attached hydrogens (tertiary/aromatic N) is 1. The molecule has 2 aromatic rings. The summed E-state index contributed by atoms with van der Waals surface area (Å²) in [5.41, 5.74) is 0.521. The summed E-state index contributed by atoms with van der Waals surface area (Å²) >= 11 is 0. The van der Waals surface area contributed by atoms with Crippen molar-refractivity contribution in [3.63, 3.8) is 0 Å². The van der Waals surface area contributed by atoms with E-state index in [1.165, 1.54) is 18.2 Å². The first-order valence-corrected chi connectivity index (χ1v) is 8.13. The normalized spacial score (nSPS) is 12.7. The van der Waals surface area contributed by atoms with E-state index in [4.69, 9.17) is 4.52 Å². The molecule has 1 atom stereocenters. The Hall–Kier alpha value is -2.36. The van der Waals surface area contributed by atoms with Gasteiger partial charge in [0.2, 0.25) is 5.91 Å². The van der Waals surface area contributed by atoms with E-state index in [0.29, 0.717) is 11.3 Å². The van der Waals surface area contributed by atoms with E-state index in [1.807, 2.05) is 0 Å². The van der Waals surface area contributed by atoms with Crippen LogP contribution in [0, 0.1) is 6.92 Å². The number of nitrogens with one attached hydrogen (secondary N) is 1. The summed E-state index contributed by atoms with van der Waals surface area (Å²) in [4.78, 5) is 11.7. The average molecular weight is 362 g/mol. The molecule has 0 spiro atoms. The van der Waals surface area contributed by atoms with Gasteiger partial charge in [-0.3, -0.25) is 9.00 Å². The summed E-state index contributed by atoms with van der Waals surface area (Å²) in [5.74, 6) is -0.366. The van der Waals surface area contributed by atoms with Crippen LogP contribution in [-0.2, 0) is 21.3 Å². The van der Waals surface area contributed by atoms with Crippen LogP contribution in [0.15, 0.2) is 34.9 Å². The molecule has 0 bridgehead atoms. The maximum absolute atomic E-state index is 12.0. The summed E-state index contributed by atoms with van der Waals surface area (Å²) in [6, 6.07) is 6.48. The number of hydrogen-bond acceptors (Lipinski definition) is 5. The lowest BCUT2D eigenvalue weighted by molar-refractivity contribution is -0.274. The van der Waals surface area contributed by atoms with Gasteiger partial charge in [0.05, 0.1) is 0 Å². The van der Waals surface area contributed by atoms with Crippen molar-refractivity contribution in [2.45, 2.75) is 19.0 Å². The third-order valence-corrected chi connectivity index (χ3v) is 3.91. The Labute approximate surface area is 137 Å². The number of alkyl halides is 3. The van der Waals surface area contributed by atoms with E-state index < -0.39 is 23.1 Å². The molecule has 0 aliphatic carbocycles. The van der Waals surface area contributed by atoms with Crippen LogP contribution in [-0.4, -0.2) is 27.4 Å². The Morgan fingerprint density at radius 2 is 2.00 bits per heavy atom. The van der Waals surface area contributed by atoms with Gasteiger partial charge in [-0.25, -0.2) is 0 Å². The minimum Gasteiger partial charge on any atom is -0.406 e. The molecule has 1 N–H and O–H groups in total. The van der Waals surface area contributed by atoms with Gasteiger partial charge in [0.1, 0.15) is 17.3 Å². The first kappa shape index (κ1) is 18.0. The van der Waals surface area contributed by atoms with Gasteiger partial charge in [0.15, 0.2) is 5.82 Å². The third-order valence-electron chi connectivity index (χ3n) is 2.67. The van der Waals surface area contributed by atoms with E-state index in [2.05, 4.69) is 15.2 Å². The summed E-state index contributed by atoms with van der Waals surface area (Å²) in [7, 11) is -1.53. The summed E-state index contributed by atoms with van der Waals surface area (Å²) in [6.45, 7) is 1.66. The minimum absolute atomic E-state index is 0.0254. The van der Waals surface area contributed by atoms with Crippen LogP contribution < -0.4 is 10.1 Å².